The molecule has 1 fully saturated rings. The molecule has 1 heterocycles. The van der Waals surface area contributed by atoms with Gasteiger partial charge in [-0.1, -0.05) is 18.2 Å². The second kappa shape index (κ2) is 8.46. The fraction of sp³-hybridized carbons (Fsp3) is 0.500. The number of hydrogen-bond donors (Lipinski definition) is 1. The van der Waals surface area contributed by atoms with Crippen LogP contribution < -0.4 is 5.73 Å². The van der Waals surface area contributed by atoms with Crippen LogP contribution in [0.25, 0.3) is 0 Å². The van der Waals surface area contributed by atoms with Crippen LogP contribution in [0.1, 0.15) is 60.4 Å². The number of piperidine rings is 1. The third-order valence-corrected chi connectivity index (χ3v) is 4.38. The number of primary amides is 1. The number of carbonyl (C=O) groups is 3. The zero-order valence-electron chi connectivity index (χ0n) is 13.4. The Balaban J connectivity index is 2.27. The van der Waals surface area contributed by atoms with Gasteiger partial charge in [-0.15, -0.1) is 0 Å². The van der Waals surface area contributed by atoms with Crippen molar-refractivity contribution < 1.29 is 14.4 Å². The van der Waals surface area contributed by atoms with Crippen molar-refractivity contribution >= 4 is 18.1 Å². The number of hydrogen-bond acceptors (Lipinski definition) is 3. The molecular formula is C18H24N2O3. The Bertz CT molecular complexity index is 565. The monoisotopic (exact) mass is 316 g/mol. The van der Waals surface area contributed by atoms with Crippen molar-refractivity contribution in [2.75, 3.05) is 13.1 Å². The average molecular weight is 316 g/mol. The molecule has 0 radical (unpaired) electrons. The zero-order valence-corrected chi connectivity index (χ0v) is 13.4. The van der Waals surface area contributed by atoms with Gasteiger partial charge in [0, 0.05) is 25.1 Å². The van der Waals surface area contributed by atoms with E-state index in [2.05, 4.69) is 0 Å². The fourth-order valence-corrected chi connectivity index (χ4v) is 3.18. The van der Waals surface area contributed by atoms with E-state index >= 15 is 0 Å². The van der Waals surface area contributed by atoms with E-state index in [0.717, 1.165) is 38.6 Å². The van der Waals surface area contributed by atoms with E-state index in [1.807, 2.05) is 11.0 Å². The Kier molecular flexibility index (Phi) is 6.32. The van der Waals surface area contributed by atoms with Crippen molar-refractivity contribution in [3.05, 3.63) is 35.4 Å². The molecule has 23 heavy (non-hydrogen) atoms. The molecule has 0 aliphatic carbocycles. The summed E-state index contributed by atoms with van der Waals surface area (Å²) in [6, 6.07) is 7.02. The summed E-state index contributed by atoms with van der Waals surface area (Å²) in [7, 11) is 0. The van der Waals surface area contributed by atoms with Crippen LogP contribution in [-0.2, 0) is 9.59 Å². The number of carbonyl (C=O) groups excluding carboxylic acids is 3. The fourth-order valence-electron chi connectivity index (χ4n) is 3.18. The SMILES string of the molecule is NC(=O)c1ccccc1C(CCCC=O)C(=O)N1CCCCC1. The molecule has 0 bridgehead atoms. The van der Waals surface area contributed by atoms with Crippen LogP contribution in [0.4, 0.5) is 0 Å². The number of likely N-dealkylation sites (tertiary alicyclic amines) is 1. The van der Waals surface area contributed by atoms with Gasteiger partial charge in [0.25, 0.3) is 0 Å². The summed E-state index contributed by atoms with van der Waals surface area (Å²) >= 11 is 0. The first-order valence-corrected chi connectivity index (χ1v) is 8.26. The van der Waals surface area contributed by atoms with Crippen molar-refractivity contribution in [3.8, 4) is 0 Å². The highest BCUT2D eigenvalue weighted by Crippen LogP contribution is 2.28. The Morgan fingerprint density at radius 1 is 1.17 bits per heavy atom. The van der Waals surface area contributed by atoms with Gasteiger partial charge in [-0.3, -0.25) is 9.59 Å². The molecule has 2 amide bonds. The van der Waals surface area contributed by atoms with E-state index in [9.17, 15) is 14.4 Å². The molecule has 2 N–H and O–H groups in total. The van der Waals surface area contributed by atoms with Gasteiger partial charge in [0.1, 0.15) is 6.29 Å². The van der Waals surface area contributed by atoms with E-state index in [-0.39, 0.29) is 5.91 Å². The Hall–Kier alpha value is -2.17. The maximum atomic E-state index is 13.0. The third-order valence-electron chi connectivity index (χ3n) is 4.38. The highest BCUT2D eigenvalue weighted by atomic mass is 16.2. The molecule has 1 saturated heterocycles. The number of amides is 2. The lowest BCUT2D eigenvalue weighted by Gasteiger charge is -2.31. The molecule has 2 rings (SSSR count). The van der Waals surface area contributed by atoms with Gasteiger partial charge in [0.2, 0.25) is 11.8 Å². The lowest BCUT2D eigenvalue weighted by atomic mass is 9.88. The van der Waals surface area contributed by atoms with Crippen LogP contribution >= 0.6 is 0 Å². The number of unbranched alkanes of at least 4 members (excludes halogenated alkanes) is 1. The van der Waals surface area contributed by atoms with Gasteiger partial charge in [0.05, 0.1) is 5.92 Å². The lowest BCUT2D eigenvalue weighted by Crippen LogP contribution is -2.39. The summed E-state index contributed by atoms with van der Waals surface area (Å²) in [6.45, 7) is 1.53. The summed E-state index contributed by atoms with van der Waals surface area (Å²) in [5, 5.41) is 0. The van der Waals surface area contributed by atoms with E-state index in [4.69, 9.17) is 5.73 Å². The minimum absolute atomic E-state index is 0.0456. The molecule has 5 nitrogen and oxygen atoms in total. The van der Waals surface area contributed by atoms with Gasteiger partial charge in [-0.05, 0) is 43.7 Å². The van der Waals surface area contributed by atoms with Gasteiger partial charge >= 0.3 is 0 Å². The van der Waals surface area contributed by atoms with Crippen LogP contribution in [0.2, 0.25) is 0 Å². The quantitative estimate of drug-likeness (QED) is 0.619. The molecule has 1 aliphatic heterocycles. The van der Waals surface area contributed by atoms with Crippen LogP contribution in [0.15, 0.2) is 24.3 Å². The van der Waals surface area contributed by atoms with E-state index in [0.29, 0.717) is 30.4 Å². The Labute approximate surface area is 136 Å². The smallest absolute Gasteiger partial charge is 0.249 e. The summed E-state index contributed by atoms with van der Waals surface area (Å²) < 4.78 is 0. The van der Waals surface area contributed by atoms with Gasteiger partial charge in [0.15, 0.2) is 0 Å². The topological polar surface area (TPSA) is 80.5 Å². The highest BCUT2D eigenvalue weighted by Gasteiger charge is 2.29. The lowest BCUT2D eigenvalue weighted by molar-refractivity contribution is -0.134. The van der Waals surface area contributed by atoms with Gasteiger partial charge < -0.3 is 15.4 Å². The molecule has 0 spiro atoms. The largest absolute Gasteiger partial charge is 0.366 e. The molecule has 1 aliphatic rings. The van der Waals surface area contributed by atoms with Gasteiger partial charge in [-0.2, -0.15) is 0 Å². The molecule has 1 aromatic rings. The first-order valence-electron chi connectivity index (χ1n) is 8.26. The standard InChI is InChI=1S/C18H24N2O3/c19-17(22)15-9-3-2-8-14(15)16(10-4-7-13-21)18(23)20-11-5-1-6-12-20/h2-3,8-9,13,16H,1,4-7,10-12H2,(H2,19,22). The van der Waals surface area contributed by atoms with Crippen LogP contribution in [0.5, 0.6) is 0 Å². The summed E-state index contributed by atoms with van der Waals surface area (Å²) in [5.74, 6) is -0.881. The number of rotatable bonds is 7. The number of aldehydes is 1. The molecule has 1 unspecified atom stereocenters. The number of nitrogens with two attached hydrogens (primary N) is 1. The second-order valence-corrected chi connectivity index (χ2v) is 5.99. The average Bonchev–Trinajstić information content (AvgIpc) is 2.59. The van der Waals surface area contributed by atoms with Crippen LogP contribution in [0.3, 0.4) is 0 Å². The van der Waals surface area contributed by atoms with Crippen molar-refractivity contribution in [1.82, 2.24) is 4.90 Å². The molecular weight excluding hydrogens is 292 g/mol. The number of benzene rings is 1. The van der Waals surface area contributed by atoms with Gasteiger partial charge in [-0.25, -0.2) is 0 Å². The van der Waals surface area contributed by atoms with Crippen molar-refractivity contribution in [1.29, 1.82) is 0 Å². The van der Waals surface area contributed by atoms with Crippen LogP contribution in [0, 0.1) is 0 Å². The summed E-state index contributed by atoms with van der Waals surface area (Å²) in [5.41, 5.74) is 6.54. The predicted molar refractivity (Wildman–Crippen MR) is 88.0 cm³/mol. The first-order chi connectivity index (χ1) is 11.1. The molecule has 1 atom stereocenters. The molecule has 1 aromatic carbocycles. The van der Waals surface area contributed by atoms with Crippen molar-refractivity contribution in [2.45, 2.75) is 44.4 Å². The number of nitrogens with zero attached hydrogens (tertiary/aromatic N) is 1. The Morgan fingerprint density at radius 2 is 1.87 bits per heavy atom. The maximum Gasteiger partial charge on any atom is 0.249 e. The molecule has 0 aromatic heterocycles. The normalized spacial score (nSPS) is 15.9. The summed E-state index contributed by atoms with van der Waals surface area (Å²) in [4.78, 5) is 37.1. The molecule has 0 saturated carbocycles. The van der Waals surface area contributed by atoms with Crippen molar-refractivity contribution in [2.24, 2.45) is 5.73 Å². The highest BCUT2D eigenvalue weighted by molar-refractivity contribution is 5.97. The summed E-state index contributed by atoms with van der Waals surface area (Å²) in [6.07, 6.45) is 5.65. The molecule has 5 heteroatoms. The van der Waals surface area contributed by atoms with E-state index < -0.39 is 11.8 Å². The maximum absolute atomic E-state index is 13.0. The van der Waals surface area contributed by atoms with E-state index in [1.54, 1.807) is 18.2 Å². The zero-order chi connectivity index (χ0) is 16.7. The minimum Gasteiger partial charge on any atom is -0.366 e. The Morgan fingerprint density at radius 3 is 2.52 bits per heavy atom. The first kappa shape index (κ1) is 17.2. The third kappa shape index (κ3) is 4.41. The van der Waals surface area contributed by atoms with E-state index in [1.165, 1.54) is 0 Å². The molecule has 124 valence electrons. The van der Waals surface area contributed by atoms with Crippen LogP contribution in [-0.4, -0.2) is 36.1 Å². The predicted octanol–water partition coefficient (Wildman–Crippen LogP) is 2.25. The second-order valence-electron chi connectivity index (χ2n) is 5.99. The van der Waals surface area contributed by atoms with Crippen molar-refractivity contribution in [3.63, 3.8) is 0 Å². The minimum atomic E-state index is -0.521.